The summed E-state index contributed by atoms with van der Waals surface area (Å²) in [4.78, 5) is 23.9. The Bertz CT molecular complexity index is 970. The normalized spacial score (nSPS) is 10.6. The molecule has 1 aromatic heterocycles. The van der Waals surface area contributed by atoms with Gasteiger partial charge >= 0.3 is 0 Å². The van der Waals surface area contributed by atoms with Gasteiger partial charge in [-0.1, -0.05) is 36.4 Å². The van der Waals surface area contributed by atoms with Gasteiger partial charge in [0.2, 0.25) is 5.95 Å². The van der Waals surface area contributed by atoms with Crippen molar-refractivity contribution in [2.75, 3.05) is 16.8 Å². The lowest BCUT2D eigenvalue weighted by Gasteiger charge is -2.21. The summed E-state index contributed by atoms with van der Waals surface area (Å²) in [6.07, 6.45) is 0. The molecule has 0 aliphatic rings. The van der Waals surface area contributed by atoms with E-state index in [0.717, 1.165) is 23.5 Å². The monoisotopic (exact) mass is 374 g/mol. The van der Waals surface area contributed by atoms with Gasteiger partial charge in [0.1, 0.15) is 5.69 Å². The SMILES string of the molecule is CCN(Cc1ccccc1)c1nc(C)cc(C(=O)Nc2ccc(C)c(C)c2)n1. The van der Waals surface area contributed by atoms with Gasteiger partial charge in [0.15, 0.2) is 0 Å². The van der Waals surface area contributed by atoms with Crippen LogP contribution in [-0.2, 0) is 6.54 Å². The van der Waals surface area contributed by atoms with E-state index in [4.69, 9.17) is 0 Å². The van der Waals surface area contributed by atoms with Gasteiger partial charge in [-0.2, -0.15) is 0 Å². The molecule has 3 aromatic rings. The standard InChI is InChI=1S/C23H26N4O/c1-5-27(15-19-9-7-6-8-10-19)23-24-18(4)14-21(26-23)22(28)25-20-12-11-16(2)17(3)13-20/h6-14H,5,15H2,1-4H3,(H,25,28). The molecule has 0 spiro atoms. The lowest BCUT2D eigenvalue weighted by molar-refractivity contribution is 0.102. The Labute approximate surface area is 166 Å². The van der Waals surface area contributed by atoms with Crippen LogP contribution in [0.2, 0.25) is 0 Å². The van der Waals surface area contributed by atoms with Crippen molar-refractivity contribution in [2.24, 2.45) is 0 Å². The zero-order valence-corrected chi connectivity index (χ0v) is 16.9. The van der Waals surface area contributed by atoms with Crippen LogP contribution < -0.4 is 10.2 Å². The highest BCUT2D eigenvalue weighted by atomic mass is 16.1. The summed E-state index contributed by atoms with van der Waals surface area (Å²) in [6.45, 7) is 9.46. The van der Waals surface area contributed by atoms with Crippen LogP contribution in [0.1, 0.15) is 39.8 Å². The van der Waals surface area contributed by atoms with Crippen molar-refractivity contribution in [3.63, 3.8) is 0 Å². The molecule has 0 aliphatic heterocycles. The van der Waals surface area contributed by atoms with Crippen molar-refractivity contribution >= 4 is 17.5 Å². The molecule has 2 aromatic carbocycles. The molecular formula is C23H26N4O. The van der Waals surface area contributed by atoms with E-state index in [1.54, 1.807) is 6.07 Å². The third-order valence-corrected chi connectivity index (χ3v) is 4.72. The second-order valence-corrected chi connectivity index (χ2v) is 6.95. The number of aryl methyl sites for hydroxylation is 3. The van der Waals surface area contributed by atoms with Gasteiger partial charge in [-0.3, -0.25) is 4.79 Å². The number of nitrogens with zero attached hydrogens (tertiary/aromatic N) is 3. The Hall–Kier alpha value is -3.21. The molecule has 0 aliphatic carbocycles. The van der Waals surface area contributed by atoms with Gasteiger partial charge in [-0.05, 0) is 62.6 Å². The number of hydrogen-bond donors (Lipinski definition) is 1. The Morgan fingerprint density at radius 3 is 2.39 bits per heavy atom. The van der Waals surface area contributed by atoms with E-state index in [9.17, 15) is 4.79 Å². The summed E-state index contributed by atoms with van der Waals surface area (Å²) in [6, 6.07) is 17.8. The van der Waals surface area contributed by atoms with Crippen LogP contribution >= 0.6 is 0 Å². The maximum atomic E-state index is 12.8. The zero-order chi connectivity index (χ0) is 20.1. The van der Waals surface area contributed by atoms with Crippen LogP contribution in [0.5, 0.6) is 0 Å². The number of rotatable bonds is 6. The second-order valence-electron chi connectivity index (χ2n) is 6.95. The number of aromatic nitrogens is 2. The molecule has 0 radical (unpaired) electrons. The van der Waals surface area contributed by atoms with E-state index in [0.29, 0.717) is 18.2 Å². The summed E-state index contributed by atoms with van der Waals surface area (Å²) < 4.78 is 0. The lowest BCUT2D eigenvalue weighted by atomic mass is 10.1. The summed E-state index contributed by atoms with van der Waals surface area (Å²) in [5, 5.41) is 2.94. The summed E-state index contributed by atoms with van der Waals surface area (Å²) in [5.41, 5.74) is 5.40. The van der Waals surface area contributed by atoms with Crippen molar-refractivity contribution in [2.45, 2.75) is 34.2 Å². The molecule has 28 heavy (non-hydrogen) atoms. The van der Waals surface area contributed by atoms with E-state index >= 15 is 0 Å². The predicted octanol–water partition coefficient (Wildman–Crippen LogP) is 4.68. The molecule has 1 N–H and O–H groups in total. The third-order valence-electron chi connectivity index (χ3n) is 4.72. The summed E-state index contributed by atoms with van der Waals surface area (Å²) in [5.74, 6) is 0.336. The molecule has 0 bridgehead atoms. The smallest absolute Gasteiger partial charge is 0.274 e. The fraction of sp³-hybridized carbons (Fsp3) is 0.261. The second kappa shape index (κ2) is 8.65. The number of anilines is 2. The number of nitrogens with one attached hydrogen (secondary N) is 1. The van der Waals surface area contributed by atoms with Crippen LogP contribution in [0.4, 0.5) is 11.6 Å². The molecule has 0 saturated carbocycles. The maximum Gasteiger partial charge on any atom is 0.274 e. The lowest BCUT2D eigenvalue weighted by Crippen LogP contribution is -2.26. The van der Waals surface area contributed by atoms with Crippen molar-refractivity contribution in [1.82, 2.24) is 9.97 Å². The molecule has 144 valence electrons. The summed E-state index contributed by atoms with van der Waals surface area (Å²) >= 11 is 0. The molecule has 0 atom stereocenters. The van der Waals surface area contributed by atoms with E-state index in [1.807, 2.05) is 57.2 Å². The van der Waals surface area contributed by atoms with Gasteiger partial charge in [-0.25, -0.2) is 9.97 Å². The Morgan fingerprint density at radius 2 is 1.71 bits per heavy atom. The average molecular weight is 374 g/mol. The van der Waals surface area contributed by atoms with Gasteiger partial charge < -0.3 is 10.2 Å². The first kappa shape index (κ1) is 19.5. The number of benzene rings is 2. The van der Waals surface area contributed by atoms with Crippen LogP contribution in [0, 0.1) is 20.8 Å². The third kappa shape index (κ3) is 4.74. The Balaban J connectivity index is 1.83. The number of hydrogen-bond acceptors (Lipinski definition) is 4. The Morgan fingerprint density at radius 1 is 0.964 bits per heavy atom. The van der Waals surface area contributed by atoms with Crippen molar-refractivity contribution in [1.29, 1.82) is 0 Å². The van der Waals surface area contributed by atoms with E-state index < -0.39 is 0 Å². The highest BCUT2D eigenvalue weighted by molar-refractivity contribution is 6.03. The van der Waals surface area contributed by atoms with E-state index in [1.165, 1.54) is 11.1 Å². The van der Waals surface area contributed by atoms with E-state index in [2.05, 4.69) is 39.2 Å². The van der Waals surface area contributed by atoms with Crippen LogP contribution in [0.3, 0.4) is 0 Å². The predicted molar refractivity (Wildman–Crippen MR) is 114 cm³/mol. The minimum Gasteiger partial charge on any atom is -0.337 e. The van der Waals surface area contributed by atoms with Gasteiger partial charge in [0, 0.05) is 24.5 Å². The highest BCUT2D eigenvalue weighted by Crippen LogP contribution is 2.17. The molecule has 0 unspecified atom stereocenters. The van der Waals surface area contributed by atoms with Crippen molar-refractivity contribution in [3.8, 4) is 0 Å². The molecule has 5 heteroatoms. The first-order valence-corrected chi connectivity index (χ1v) is 9.49. The molecular weight excluding hydrogens is 348 g/mol. The highest BCUT2D eigenvalue weighted by Gasteiger charge is 2.15. The van der Waals surface area contributed by atoms with Gasteiger partial charge in [0.05, 0.1) is 0 Å². The molecule has 1 amide bonds. The van der Waals surface area contributed by atoms with E-state index in [-0.39, 0.29) is 5.91 Å². The zero-order valence-electron chi connectivity index (χ0n) is 16.9. The molecule has 1 heterocycles. The fourth-order valence-corrected chi connectivity index (χ4v) is 2.95. The molecule has 5 nitrogen and oxygen atoms in total. The first-order valence-electron chi connectivity index (χ1n) is 9.49. The molecule has 0 saturated heterocycles. The van der Waals surface area contributed by atoms with Crippen molar-refractivity contribution < 1.29 is 4.79 Å². The first-order chi connectivity index (χ1) is 13.5. The number of carbonyl (C=O) groups is 1. The van der Waals surface area contributed by atoms with Crippen molar-refractivity contribution in [3.05, 3.63) is 82.7 Å². The van der Waals surface area contributed by atoms with Crippen LogP contribution in [0.25, 0.3) is 0 Å². The van der Waals surface area contributed by atoms with Crippen LogP contribution in [-0.4, -0.2) is 22.4 Å². The Kier molecular flexibility index (Phi) is 6.04. The summed E-state index contributed by atoms with van der Waals surface area (Å²) in [7, 11) is 0. The van der Waals surface area contributed by atoms with Gasteiger partial charge in [-0.15, -0.1) is 0 Å². The van der Waals surface area contributed by atoms with Crippen LogP contribution in [0.15, 0.2) is 54.6 Å². The maximum absolute atomic E-state index is 12.8. The number of amides is 1. The minimum absolute atomic E-state index is 0.231. The topological polar surface area (TPSA) is 58.1 Å². The number of carbonyl (C=O) groups excluding carboxylic acids is 1. The quantitative estimate of drug-likeness (QED) is 0.680. The fourth-order valence-electron chi connectivity index (χ4n) is 2.95. The molecule has 0 fully saturated rings. The largest absolute Gasteiger partial charge is 0.337 e. The average Bonchev–Trinajstić information content (AvgIpc) is 2.69. The van der Waals surface area contributed by atoms with Gasteiger partial charge in [0.25, 0.3) is 5.91 Å². The molecule has 3 rings (SSSR count). The minimum atomic E-state index is -0.231.